The lowest BCUT2D eigenvalue weighted by Gasteiger charge is -2.05. The molecule has 0 fully saturated rings. The van der Waals surface area contributed by atoms with Crippen LogP contribution in [-0.2, 0) is 6.54 Å². The van der Waals surface area contributed by atoms with Gasteiger partial charge in [0.1, 0.15) is 5.01 Å². The van der Waals surface area contributed by atoms with E-state index >= 15 is 0 Å². The molecule has 1 heterocycles. The number of benzene rings is 2. The average Bonchev–Trinajstić information content (AvgIpc) is 2.93. The van der Waals surface area contributed by atoms with Gasteiger partial charge in [0.15, 0.2) is 0 Å². The zero-order chi connectivity index (χ0) is 13.9. The number of rotatable bonds is 3. The van der Waals surface area contributed by atoms with Gasteiger partial charge in [0.25, 0.3) is 0 Å². The van der Waals surface area contributed by atoms with Crippen LogP contribution in [0.2, 0.25) is 0 Å². The first-order chi connectivity index (χ1) is 9.79. The second-order valence-corrected chi connectivity index (χ2v) is 5.75. The maximum Gasteiger partial charge on any atom is 0.107 e. The number of nitrogens with zero attached hydrogens (tertiary/aromatic N) is 1. The van der Waals surface area contributed by atoms with Crippen molar-refractivity contribution in [2.75, 3.05) is 0 Å². The Morgan fingerprint density at radius 2 is 1.70 bits per heavy atom. The Hall–Kier alpha value is -1.97. The summed E-state index contributed by atoms with van der Waals surface area (Å²) in [5, 5.41) is 0.974. The Kier molecular flexibility index (Phi) is 3.63. The quantitative estimate of drug-likeness (QED) is 0.779. The van der Waals surface area contributed by atoms with E-state index in [-0.39, 0.29) is 0 Å². The molecule has 0 atom stereocenters. The minimum atomic E-state index is 0.483. The molecule has 0 saturated carbocycles. The summed E-state index contributed by atoms with van der Waals surface area (Å²) in [5.41, 5.74) is 10.4. The van der Waals surface area contributed by atoms with Crippen molar-refractivity contribution in [1.82, 2.24) is 4.98 Å². The lowest BCUT2D eigenvalue weighted by Crippen LogP contribution is -1.94. The molecule has 2 aromatic carbocycles. The highest BCUT2D eigenvalue weighted by Gasteiger charge is 2.15. The summed E-state index contributed by atoms with van der Waals surface area (Å²) in [7, 11) is 0. The molecule has 0 aliphatic rings. The fourth-order valence-electron chi connectivity index (χ4n) is 2.26. The van der Waals surface area contributed by atoms with Crippen molar-refractivity contribution in [3.63, 3.8) is 0 Å². The van der Waals surface area contributed by atoms with Crippen LogP contribution in [0.4, 0.5) is 0 Å². The zero-order valence-electron chi connectivity index (χ0n) is 11.3. The van der Waals surface area contributed by atoms with Crippen LogP contribution in [0.15, 0.2) is 54.6 Å². The van der Waals surface area contributed by atoms with Crippen molar-refractivity contribution in [3.05, 3.63) is 65.2 Å². The van der Waals surface area contributed by atoms with Crippen molar-refractivity contribution in [3.8, 4) is 21.7 Å². The lowest BCUT2D eigenvalue weighted by atomic mass is 10.0. The fourth-order valence-corrected chi connectivity index (χ4v) is 3.22. The van der Waals surface area contributed by atoms with Gasteiger partial charge >= 0.3 is 0 Å². The monoisotopic (exact) mass is 280 g/mol. The average molecular weight is 280 g/mol. The van der Waals surface area contributed by atoms with Crippen LogP contribution < -0.4 is 5.73 Å². The fraction of sp³-hybridized carbons (Fsp3) is 0.118. The van der Waals surface area contributed by atoms with Crippen LogP contribution in [0.1, 0.15) is 10.6 Å². The first kappa shape index (κ1) is 13.0. The Morgan fingerprint density at radius 3 is 2.40 bits per heavy atom. The number of hydrogen-bond donors (Lipinski definition) is 1. The maximum atomic E-state index is 5.77. The van der Waals surface area contributed by atoms with E-state index in [1.807, 2.05) is 6.07 Å². The molecular weight excluding hydrogens is 264 g/mol. The van der Waals surface area contributed by atoms with Gasteiger partial charge in [0.2, 0.25) is 0 Å². The van der Waals surface area contributed by atoms with Gasteiger partial charge < -0.3 is 5.73 Å². The standard InChI is InChI=1S/C17H16N2S/c1-12-7-5-6-10-14(12)16-17(20-15(11-18)19-16)13-8-3-2-4-9-13/h2-10H,11,18H2,1H3. The van der Waals surface area contributed by atoms with E-state index in [1.54, 1.807) is 11.3 Å². The van der Waals surface area contributed by atoms with Crippen LogP contribution in [0, 0.1) is 6.92 Å². The smallest absolute Gasteiger partial charge is 0.107 e. The normalized spacial score (nSPS) is 10.7. The van der Waals surface area contributed by atoms with Gasteiger partial charge in [-0.05, 0) is 18.1 Å². The molecule has 1 aromatic heterocycles. The highest BCUT2D eigenvalue weighted by Crippen LogP contribution is 2.37. The number of hydrogen-bond acceptors (Lipinski definition) is 3. The molecular formula is C17H16N2S. The predicted octanol–water partition coefficient (Wildman–Crippen LogP) is 4.24. The summed E-state index contributed by atoms with van der Waals surface area (Å²) in [5.74, 6) is 0. The minimum Gasteiger partial charge on any atom is -0.325 e. The molecule has 0 saturated heterocycles. The molecule has 3 heteroatoms. The molecule has 3 aromatic rings. The summed E-state index contributed by atoms with van der Waals surface area (Å²) in [6.45, 7) is 2.60. The van der Waals surface area contributed by atoms with E-state index in [9.17, 15) is 0 Å². The van der Waals surface area contributed by atoms with Gasteiger partial charge in [-0.25, -0.2) is 4.98 Å². The van der Waals surface area contributed by atoms with Gasteiger partial charge in [-0.3, -0.25) is 0 Å². The van der Waals surface area contributed by atoms with Crippen molar-refractivity contribution < 1.29 is 0 Å². The highest BCUT2D eigenvalue weighted by molar-refractivity contribution is 7.15. The van der Waals surface area contributed by atoms with Gasteiger partial charge in [-0.2, -0.15) is 0 Å². The third-order valence-electron chi connectivity index (χ3n) is 3.28. The second kappa shape index (κ2) is 5.57. The molecule has 0 amide bonds. The number of aryl methyl sites for hydroxylation is 1. The van der Waals surface area contributed by atoms with Crippen molar-refractivity contribution in [1.29, 1.82) is 0 Å². The van der Waals surface area contributed by atoms with Crippen molar-refractivity contribution >= 4 is 11.3 Å². The van der Waals surface area contributed by atoms with Gasteiger partial charge in [0.05, 0.1) is 10.6 Å². The molecule has 0 spiro atoms. The Balaban J connectivity index is 2.21. The van der Waals surface area contributed by atoms with E-state index in [0.717, 1.165) is 10.7 Å². The zero-order valence-corrected chi connectivity index (χ0v) is 12.2. The van der Waals surface area contributed by atoms with E-state index < -0.39 is 0 Å². The lowest BCUT2D eigenvalue weighted by molar-refractivity contribution is 1.04. The Labute approximate surface area is 122 Å². The Bertz CT molecular complexity index is 717. The number of aromatic nitrogens is 1. The molecule has 3 rings (SSSR count). The number of thiazole rings is 1. The molecule has 2 nitrogen and oxygen atoms in total. The maximum absolute atomic E-state index is 5.77. The van der Waals surface area contributed by atoms with Crippen molar-refractivity contribution in [2.45, 2.75) is 13.5 Å². The summed E-state index contributed by atoms with van der Waals surface area (Å²) >= 11 is 1.68. The minimum absolute atomic E-state index is 0.483. The molecule has 0 aliphatic heterocycles. The SMILES string of the molecule is Cc1ccccc1-c1nc(CN)sc1-c1ccccc1. The first-order valence-corrected chi connectivity index (χ1v) is 7.42. The summed E-state index contributed by atoms with van der Waals surface area (Å²) in [6, 6.07) is 18.7. The van der Waals surface area contributed by atoms with E-state index in [2.05, 4.69) is 55.5 Å². The summed E-state index contributed by atoms with van der Waals surface area (Å²) < 4.78 is 0. The van der Waals surface area contributed by atoms with Crippen LogP contribution in [0.3, 0.4) is 0 Å². The van der Waals surface area contributed by atoms with E-state index in [1.165, 1.54) is 21.6 Å². The van der Waals surface area contributed by atoms with E-state index in [0.29, 0.717) is 6.54 Å². The molecule has 0 unspecified atom stereocenters. The van der Waals surface area contributed by atoms with Crippen LogP contribution in [0.25, 0.3) is 21.7 Å². The molecule has 20 heavy (non-hydrogen) atoms. The highest BCUT2D eigenvalue weighted by atomic mass is 32.1. The molecule has 0 radical (unpaired) electrons. The van der Waals surface area contributed by atoms with Crippen molar-refractivity contribution in [2.24, 2.45) is 5.73 Å². The summed E-state index contributed by atoms with van der Waals surface area (Å²) in [4.78, 5) is 5.92. The largest absolute Gasteiger partial charge is 0.325 e. The summed E-state index contributed by atoms with van der Waals surface area (Å²) in [6.07, 6.45) is 0. The van der Waals surface area contributed by atoms with Gasteiger partial charge in [0, 0.05) is 12.1 Å². The molecule has 0 aliphatic carbocycles. The first-order valence-electron chi connectivity index (χ1n) is 6.61. The van der Waals surface area contributed by atoms with E-state index in [4.69, 9.17) is 10.7 Å². The van der Waals surface area contributed by atoms with Crippen LogP contribution in [0.5, 0.6) is 0 Å². The molecule has 2 N–H and O–H groups in total. The van der Waals surface area contributed by atoms with Crippen LogP contribution >= 0.6 is 11.3 Å². The van der Waals surface area contributed by atoms with Crippen LogP contribution in [-0.4, -0.2) is 4.98 Å². The molecule has 100 valence electrons. The number of nitrogens with two attached hydrogens (primary N) is 1. The topological polar surface area (TPSA) is 38.9 Å². The third-order valence-corrected chi connectivity index (χ3v) is 4.41. The van der Waals surface area contributed by atoms with Gasteiger partial charge in [-0.15, -0.1) is 11.3 Å². The predicted molar refractivity (Wildman–Crippen MR) is 85.6 cm³/mol. The molecule has 0 bridgehead atoms. The Morgan fingerprint density at radius 1 is 1.00 bits per heavy atom. The van der Waals surface area contributed by atoms with Gasteiger partial charge in [-0.1, -0.05) is 54.6 Å². The third kappa shape index (κ3) is 2.38. The second-order valence-electron chi connectivity index (χ2n) is 4.67.